The van der Waals surface area contributed by atoms with E-state index in [1.165, 1.54) is 0 Å². The van der Waals surface area contributed by atoms with E-state index in [9.17, 15) is 42.8 Å². The summed E-state index contributed by atoms with van der Waals surface area (Å²) in [6.07, 6.45) is -5.91. The molecule has 0 saturated carbocycles. The molecule has 0 spiro atoms. The van der Waals surface area contributed by atoms with E-state index in [4.69, 9.17) is 19.4 Å². The average molecular weight is 500 g/mol. The number of aliphatic hydroxyl groups is 2. The van der Waals surface area contributed by atoms with Gasteiger partial charge in [0.2, 0.25) is 0 Å². The molecular weight excluding hydrogens is 484 g/mol. The number of phosphoric ester groups is 1. The predicted octanol–water partition coefficient (Wildman–Crippen LogP) is -2.09. The van der Waals surface area contributed by atoms with Gasteiger partial charge in [-0.05, 0) is 0 Å². The zero-order valence-corrected chi connectivity index (χ0v) is 17.0. The van der Waals surface area contributed by atoms with Gasteiger partial charge in [-0.2, -0.15) is 0 Å². The standard InChI is InChI=1S/C10H16FN2O14P3/c11-9(28(18,19)20)29(21,22)27-30(23,24)25-3-4-6(15)7(16)8(26-4)13-2-1-5(14)12-10(13)17/h1-2,4,6-9,15-16H,3H2,(H,21,22)(H,23,24)(H,12,14,17)(H2,18,19,20)/t4-,6-,7-,8-,9?/m1/s1. The van der Waals surface area contributed by atoms with Gasteiger partial charge in [0.25, 0.3) is 11.2 Å². The van der Waals surface area contributed by atoms with E-state index in [1.807, 2.05) is 4.98 Å². The molecule has 1 aliphatic heterocycles. The van der Waals surface area contributed by atoms with Crippen LogP contribution in [0.25, 0.3) is 0 Å². The number of ether oxygens (including phenoxy) is 1. The monoisotopic (exact) mass is 500 g/mol. The molecule has 1 aliphatic rings. The minimum absolute atomic E-state index is 0.681. The fourth-order valence-electron chi connectivity index (χ4n) is 2.29. The summed E-state index contributed by atoms with van der Waals surface area (Å²) in [7, 11) is -17.4. The fourth-order valence-corrected chi connectivity index (χ4v) is 6.21. The van der Waals surface area contributed by atoms with Gasteiger partial charge in [-0.1, -0.05) is 0 Å². The van der Waals surface area contributed by atoms with Crippen molar-refractivity contribution in [2.24, 2.45) is 0 Å². The molecule has 16 nitrogen and oxygen atoms in total. The third-order valence-corrected chi connectivity index (χ3v) is 8.74. The molecule has 3 unspecified atom stereocenters. The summed E-state index contributed by atoms with van der Waals surface area (Å²) in [6, 6.07) is 0.899. The van der Waals surface area contributed by atoms with Crippen LogP contribution in [0.4, 0.5) is 4.39 Å². The number of phosphoric acid groups is 1. The van der Waals surface area contributed by atoms with E-state index in [1.54, 1.807) is 0 Å². The summed E-state index contributed by atoms with van der Waals surface area (Å²) in [5, 5.41) is 19.9. The van der Waals surface area contributed by atoms with Crippen molar-refractivity contribution in [1.29, 1.82) is 0 Å². The van der Waals surface area contributed by atoms with Crippen molar-refractivity contribution < 1.29 is 61.4 Å². The van der Waals surface area contributed by atoms with Crippen molar-refractivity contribution in [3.8, 4) is 0 Å². The van der Waals surface area contributed by atoms with E-state index >= 15 is 0 Å². The van der Waals surface area contributed by atoms with Crippen LogP contribution in [-0.2, 0) is 27.3 Å². The van der Waals surface area contributed by atoms with Crippen molar-refractivity contribution in [3.63, 3.8) is 0 Å². The molecule has 172 valence electrons. The lowest BCUT2D eigenvalue weighted by molar-refractivity contribution is -0.0541. The van der Waals surface area contributed by atoms with Gasteiger partial charge < -0.3 is 34.5 Å². The van der Waals surface area contributed by atoms with Crippen LogP contribution >= 0.6 is 23.0 Å². The third kappa shape index (κ3) is 5.79. The molecule has 7 atom stereocenters. The SMILES string of the molecule is O=c1ccn([C@@H]2O[C@H](COP(=O)(O)OP(=O)(O)C(F)P(=O)(O)O)[C@@H](O)[C@H]2O)c(=O)[nH]1. The molecule has 0 radical (unpaired) electrons. The van der Waals surface area contributed by atoms with Crippen LogP contribution in [0.15, 0.2) is 21.9 Å². The van der Waals surface area contributed by atoms with Crippen LogP contribution in [-0.4, -0.2) is 69.9 Å². The second-order valence-corrected chi connectivity index (χ2v) is 11.3. The Bertz CT molecular complexity index is 1040. The van der Waals surface area contributed by atoms with E-state index in [0.717, 1.165) is 12.3 Å². The fraction of sp³-hybridized carbons (Fsp3) is 0.600. The first kappa shape index (κ1) is 25.2. The van der Waals surface area contributed by atoms with Crippen LogP contribution in [0, 0.1) is 0 Å². The minimum atomic E-state index is -5.99. The molecule has 2 rings (SSSR count). The molecular formula is C10H16FN2O14P3. The number of rotatable bonds is 8. The Morgan fingerprint density at radius 1 is 1.17 bits per heavy atom. The number of hydrogen-bond acceptors (Lipinski definition) is 10. The summed E-state index contributed by atoms with van der Waals surface area (Å²) in [5.74, 6) is 0. The number of halogens is 1. The second kappa shape index (κ2) is 8.82. The highest BCUT2D eigenvalue weighted by Crippen LogP contribution is 2.70. The van der Waals surface area contributed by atoms with Crippen molar-refractivity contribution in [2.45, 2.75) is 30.2 Å². The number of nitrogens with one attached hydrogen (secondary N) is 1. The molecule has 0 aromatic carbocycles. The van der Waals surface area contributed by atoms with Crippen LogP contribution in [0.5, 0.6) is 0 Å². The van der Waals surface area contributed by atoms with Crippen LogP contribution in [0.2, 0.25) is 0 Å². The summed E-state index contributed by atoms with van der Waals surface area (Å²) >= 11 is 0. The van der Waals surface area contributed by atoms with Crippen LogP contribution in [0.3, 0.4) is 0 Å². The number of aromatic nitrogens is 2. The van der Waals surface area contributed by atoms with Gasteiger partial charge in [-0.15, -0.1) is 0 Å². The van der Waals surface area contributed by atoms with Gasteiger partial charge in [0.05, 0.1) is 6.61 Å². The highest BCUT2D eigenvalue weighted by atomic mass is 31.3. The average Bonchev–Trinajstić information content (AvgIpc) is 2.86. The maximum atomic E-state index is 13.3. The molecule has 1 fully saturated rings. The van der Waals surface area contributed by atoms with E-state index in [-0.39, 0.29) is 0 Å². The maximum absolute atomic E-state index is 13.3. The third-order valence-electron chi connectivity index (χ3n) is 3.63. The summed E-state index contributed by atoms with van der Waals surface area (Å²) < 4.78 is 60.9. The first-order chi connectivity index (χ1) is 13.5. The molecule has 1 aromatic heterocycles. The summed E-state index contributed by atoms with van der Waals surface area (Å²) in [4.78, 5) is 60.3. The Balaban J connectivity index is 2.08. The van der Waals surface area contributed by atoms with Crippen molar-refractivity contribution in [1.82, 2.24) is 9.55 Å². The molecule has 0 aliphatic carbocycles. The number of nitrogens with zero attached hydrogens (tertiary/aromatic N) is 1. The van der Waals surface area contributed by atoms with Crippen molar-refractivity contribution in [3.05, 3.63) is 33.1 Å². The zero-order valence-electron chi connectivity index (χ0n) is 14.4. The molecule has 7 N–H and O–H groups in total. The number of alkyl halides is 1. The Kier molecular flexibility index (Phi) is 7.41. The van der Waals surface area contributed by atoms with Gasteiger partial charge in [0, 0.05) is 12.3 Å². The van der Waals surface area contributed by atoms with Gasteiger partial charge in [-0.3, -0.25) is 28.0 Å². The maximum Gasteiger partial charge on any atom is 0.479 e. The molecule has 1 aromatic rings. The summed E-state index contributed by atoms with van der Waals surface area (Å²) in [5.41, 5.74) is -5.62. The first-order valence-corrected chi connectivity index (χ1v) is 12.4. The van der Waals surface area contributed by atoms with Gasteiger partial charge in [0.1, 0.15) is 18.3 Å². The lowest BCUT2D eigenvalue weighted by atomic mass is 10.1. The highest BCUT2D eigenvalue weighted by Gasteiger charge is 2.51. The predicted molar refractivity (Wildman–Crippen MR) is 90.9 cm³/mol. The highest BCUT2D eigenvalue weighted by molar-refractivity contribution is 7.74. The minimum Gasteiger partial charge on any atom is -0.387 e. The quantitative estimate of drug-likeness (QED) is 0.189. The van der Waals surface area contributed by atoms with Crippen LogP contribution in [0.1, 0.15) is 6.23 Å². The Morgan fingerprint density at radius 2 is 1.77 bits per heavy atom. The Labute approximate surface area is 164 Å². The van der Waals surface area contributed by atoms with E-state index < -0.39 is 71.1 Å². The topological polar surface area (TPSA) is 255 Å². The number of H-pyrrole nitrogens is 1. The zero-order chi connectivity index (χ0) is 23.1. The molecule has 0 amide bonds. The van der Waals surface area contributed by atoms with Crippen LogP contribution < -0.4 is 11.2 Å². The van der Waals surface area contributed by atoms with E-state index in [0.29, 0.717) is 4.57 Å². The molecule has 30 heavy (non-hydrogen) atoms. The number of hydrogen-bond donors (Lipinski definition) is 7. The second-order valence-electron chi connectivity index (χ2n) is 5.87. The lowest BCUT2D eigenvalue weighted by Gasteiger charge is -2.21. The largest absolute Gasteiger partial charge is 0.479 e. The van der Waals surface area contributed by atoms with Gasteiger partial charge in [-0.25, -0.2) is 18.1 Å². The smallest absolute Gasteiger partial charge is 0.387 e. The van der Waals surface area contributed by atoms with Gasteiger partial charge >= 0.3 is 28.7 Å². The number of aliphatic hydroxyl groups excluding tert-OH is 2. The molecule has 20 heteroatoms. The van der Waals surface area contributed by atoms with Gasteiger partial charge in [0.15, 0.2) is 6.23 Å². The summed E-state index contributed by atoms with van der Waals surface area (Å²) in [6.45, 7) is -1.12. The van der Waals surface area contributed by atoms with E-state index in [2.05, 4.69) is 8.83 Å². The Hall–Kier alpha value is -1.06. The molecule has 0 bridgehead atoms. The van der Waals surface area contributed by atoms with Crippen molar-refractivity contribution >= 4 is 23.0 Å². The first-order valence-electron chi connectivity index (χ1n) is 7.59. The Morgan fingerprint density at radius 3 is 2.30 bits per heavy atom. The van der Waals surface area contributed by atoms with Crippen molar-refractivity contribution in [2.75, 3.05) is 6.61 Å². The number of aromatic amines is 1. The lowest BCUT2D eigenvalue weighted by Crippen LogP contribution is -2.37. The normalized spacial score (nSPS) is 29.8. The molecule has 2 heterocycles. The molecule has 1 saturated heterocycles.